The molecule has 96 valence electrons. The van der Waals surface area contributed by atoms with Crippen LogP contribution in [-0.4, -0.2) is 25.4 Å². The van der Waals surface area contributed by atoms with Gasteiger partial charge in [0, 0.05) is 0 Å². The summed E-state index contributed by atoms with van der Waals surface area (Å²) >= 11 is 0. The highest BCUT2D eigenvalue weighted by Gasteiger charge is 2.25. The number of ether oxygens (including phenoxy) is 1. The van der Waals surface area contributed by atoms with Gasteiger partial charge in [0.1, 0.15) is 23.7 Å². The second-order valence-electron chi connectivity index (χ2n) is 4.13. The van der Waals surface area contributed by atoms with Gasteiger partial charge in [-0.2, -0.15) is 0 Å². The van der Waals surface area contributed by atoms with E-state index in [0.717, 1.165) is 25.7 Å². The van der Waals surface area contributed by atoms with Crippen molar-refractivity contribution in [3.8, 4) is 0 Å². The SMILES string of the molecule is C=C(OC(=C)C1CCCOO1)C1CCCOO1. The Morgan fingerprint density at radius 2 is 1.35 bits per heavy atom. The topological polar surface area (TPSA) is 46.2 Å². The summed E-state index contributed by atoms with van der Waals surface area (Å²) in [5.74, 6) is 1.01. The molecule has 0 saturated carbocycles. The summed E-state index contributed by atoms with van der Waals surface area (Å²) in [5.41, 5.74) is 0. The van der Waals surface area contributed by atoms with Crippen LogP contribution >= 0.6 is 0 Å². The van der Waals surface area contributed by atoms with E-state index in [1.807, 2.05) is 0 Å². The van der Waals surface area contributed by atoms with E-state index in [-0.39, 0.29) is 12.2 Å². The minimum absolute atomic E-state index is 0.231. The van der Waals surface area contributed by atoms with Crippen molar-refractivity contribution in [2.24, 2.45) is 0 Å². The average Bonchev–Trinajstić information content (AvgIpc) is 2.40. The third-order valence-corrected chi connectivity index (χ3v) is 2.74. The van der Waals surface area contributed by atoms with Crippen molar-refractivity contribution in [3.05, 3.63) is 24.7 Å². The lowest BCUT2D eigenvalue weighted by Crippen LogP contribution is -2.27. The number of hydrogen-bond acceptors (Lipinski definition) is 5. The van der Waals surface area contributed by atoms with Crippen LogP contribution in [0.1, 0.15) is 25.7 Å². The monoisotopic (exact) mass is 242 g/mol. The van der Waals surface area contributed by atoms with Gasteiger partial charge in [-0.05, 0) is 25.7 Å². The molecule has 2 aliphatic heterocycles. The molecule has 2 unspecified atom stereocenters. The van der Waals surface area contributed by atoms with Gasteiger partial charge in [-0.15, -0.1) is 0 Å². The zero-order valence-corrected chi connectivity index (χ0v) is 9.85. The first-order valence-corrected chi connectivity index (χ1v) is 5.89. The first-order chi connectivity index (χ1) is 8.27. The molecule has 0 aromatic rings. The van der Waals surface area contributed by atoms with Gasteiger partial charge in [0.2, 0.25) is 0 Å². The van der Waals surface area contributed by atoms with Gasteiger partial charge in [0.05, 0.1) is 13.2 Å². The quantitative estimate of drug-likeness (QED) is 0.559. The third kappa shape index (κ3) is 3.54. The Labute approximate surface area is 101 Å². The zero-order chi connectivity index (χ0) is 12.1. The molecule has 2 aliphatic rings. The molecule has 17 heavy (non-hydrogen) atoms. The molecule has 2 fully saturated rings. The first kappa shape index (κ1) is 12.6. The maximum Gasteiger partial charge on any atom is 0.150 e. The molecule has 5 heteroatoms. The van der Waals surface area contributed by atoms with E-state index in [9.17, 15) is 0 Å². The van der Waals surface area contributed by atoms with E-state index in [0.29, 0.717) is 24.7 Å². The Bertz CT molecular complexity index is 249. The van der Waals surface area contributed by atoms with Gasteiger partial charge in [-0.3, -0.25) is 0 Å². The van der Waals surface area contributed by atoms with Crippen molar-refractivity contribution in [3.63, 3.8) is 0 Å². The normalized spacial score (nSPS) is 29.6. The Morgan fingerprint density at radius 3 is 1.71 bits per heavy atom. The summed E-state index contributed by atoms with van der Waals surface area (Å²) in [4.78, 5) is 20.0. The van der Waals surface area contributed by atoms with Crippen LogP contribution in [0.3, 0.4) is 0 Å². The summed E-state index contributed by atoms with van der Waals surface area (Å²) < 4.78 is 5.53. The Kier molecular flexibility index (Phi) is 4.56. The molecule has 0 spiro atoms. The van der Waals surface area contributed by atoms with E-state index in [4.69, 9.17) is 24.3 Å². The lowest BCUT2D eigenvalue weighted by Gasteiger charge is -2.27. The minimum atomic E-state index is -0.231. The van der Waals surface area contributed by atoms with Crippen LogP contribution in [0.5, 0.6) is 0 Å². The predicted octanol–water partition coefficient (Wildman–Crippen LogP) is 2.25. The number of rotatable bonds is 4. The Morgan fingerprint density at radius 1 is 0.882 bits per heavy atom. The molecule has 0 N–H and O–H groups in total. The third-order valence-electron chi connectivity index (χ3n) is 2.74. The molecule has 0 amide bonds. The molecule has 2 saturated heterocycles. The van der Waals surface area contributed by atoms with Gasteiger partial charge in [-0.25, -0.2) is 19.6 Å². The highest BCUT2D eigenvalue weighted by Crippen LogP contribution is 2.24. The van der Waals surface area contributed by atoms with Crippen LogP contribution < -0.4 is 0 Å². The molecular weight excluding hydrogens is 224 g/mol. The van der Waals surface area contributed by atoms with Crippen molar-refractivity contribution in [2.45, 2.75) is 37.9 Å². The second kappa shape index (κ2) is 6.16. The van der Waals surface area contributed by atoms with Gasteiger partial charge in [-0.1, -0.05) is 13.2 Å². The molecule has 0 aromatic carbocycles. The fourth-order valence-electron chi connectivity index (χ4n) is 1.74. The molecule has 0 aliphatic carbocycles. The van der Waals surface area contributed by atoms with Crippen LogP contribution in [0, 0.1) is 0 Å². The van der Waals surface area contributed by atoms with E-state index in [2.05, 4.69) is 13.2 Å². The van der Waals surface area contributed by atoms with Gasteiger partial charge in [0.15, 0.2) is 0 Å². The fraction of sp³-hybridized carbons (Fsp3) is 0.667. The van der Waals surface area contributed by atoms with E-state index < -0.39 is 0 Å². The summed E-state index contributed by atoms with van der Waals surface area (Å²) in [6.07, 6.45) is 3.09. The summed E-state index contributed by atoms with van der Waals surface area (Å²) in [6, 6.07) is 0. The van der Waals surface area contributed by atoms with Gasteiger partial charge < -0.3 is 4.74 Å². The maximum atomic E-state index is 5.53. The highest BCUT2D eigenvalue weighted by atomic mass is 17.2. The molecule has 0 bridgehead atoms. The van der Waals surface area contributed by atoms with Crippen LogP contribution in [-0.2, 0) is 24.3 Å². The number of hydrogen-bond donors (Lipinski definition) is 0. The predicted molar refractivity (Wildman–Crippen MR) is 59.5 cm³/mol. The molecule has 2 heterocycles. The van der Waals surface area contributed by atoms with Crippen LogP contribution in [0.15, 0.2) is 24.7 Å². The molecule has 0 radical (unpaired) electrons. The van der Waals surface area contributed by atoms with Crippen molar-refractivity contribution < 1.29 is 24.3 Å². The second-order valence-corrected chi connectivity index (χ2v) is 4.13. The Hall–Kier alpha value is -0.880. The van der Waals surface area contributed by atoms with Crippen molar-refractivity contribution in [1.82, 2.24) is 0 Å². The molecule has 5 nitrogen and oxygen atoms in total. The highest BCUT2D eigenvalue weighted by molar-refractivity contribution is 5.03. The molecule has 2 rings (SSSR count). The van der Waals surface area contributed by atoms with Crippen LogP contribution in [0.2, 0.25) is 0 Å². The van der Waals surface area contributed by atoms with Crippen LogP contribution in [0.4, 0.5) is 0 Å². The first-order valence-electron chi connectivity index (χ1n) is 5.89. The van der Waals surface area contributed by atoms with E-state index in [1.165, 1.54) is 0 Å². The van der Waals surface area contributed by atoms with Gasteiger partial charge >= 0.3 is 0 Å². The summed E-state index contributed by atoms with van der Waals surface area (Å²) in [7, 11) is 0. The van der Waals surface area contributed by atoms with Crippen molar-refractivity contribution in [1.29, 1.82) is 0 Å². The van der Waals surface area contributed by atoms with Crippen LogP contribution in [0.25, 0.3) is 0 Å². The lowest BCUT2D eigenvalue weighted by molar-refractivity contribution is -0.347. The minimum Gasteiger partial charge on any atom is -0.462 e. The largest absolute Gasteiger partial charge is 0.462 e. The van der Waals surface area contributed by atoms with Crippen molar-refractivity contribution >= 4 is 0 Å². The molecule has 2 atom stereocenters. The standard InChI is InChI=1S/C12H18O5/c1-9(11-5-3-7-13-16-11)15-10(2)12-6-4-8-14-17-12/h11-12H,1-8H2. The average molecular weight is 242 g/mol. The van der Waals surface area contributed by atoms with Gasteiger partial charge in [0.25, 0.3) is 0 Å². The van der Waals surface area contributed by atoms with E-state index in [1.54, 1.807) is 0 Å². The summed E-state index contributed by atoms with van der Waals surface area (Å²) in [6.45, 7) is 8.89. The zero-order valence-electron chi connectivity index (χ0n) is 9.85. The fourth-order valence-corrected chi connectivity index (χ4v) is 1.74. The molecule has 0 aromatic heterocycles. The van der Waals surface area contributed by atoms with Crippen molar-refractivity contribution in [2.75, 3.05) is 13.2 Å². The summed E-state index contributed by atoms with van der Waals surface area (Å²) in [5, 5.41) is 0. The maximum absolute atomic E-state index is 5.53. The molecular formula is C12H18O5. The smallest absolute Gasteiger partial charge is 0.150 e. The Balaban J connectivity index is 1.78. The van der Waals surface area contributed by atoms with E-state index >= 15 is 0 Å². The lowest BCUT2D eigenvalue weighted by atomic mass is 10.1.